The topological polar surface area (TPSA) is 78.3 Å². The summed E-state index contributed by atoms with van der Waals surface area (Å²) in [4.78, 5) is 30.5. The van der Waals surface area contributed by atoms with Gasteiger partial charge in [0.2, 0.25) is 0 Å². The minimum absolute atomic E-state index is 0.0766. The molecule has 29 heavy (non-hydrogen) atoms. The van der Waals surface area contributed by atoms with Crippen LogP contribution in [-0.2, 0) is 12.8 Å². The summed E-state index contributed by atoms with van der Waals surface area (Å²) in [5, 5.41) is 4.11. The van der Waals surface area contributed by atoms with E-state index in [1.165, 1.54) is 10.9 Å². The minimum atomic E-state index is -0.586. The highest BCUT2D eigenvalue weighted by molar-refractivity contribution is 5.95. The monoisotopic (exact) mass is 395 g/mol. The van der Waals surface area contributed by atoms with E-state index in [2.05, 4.69) is 16.4 Å². The lowest BCUT2D eigenvalue weighted by Crippen LogP contribution is -2.50. The Morgan fingerprint density at radius 2 is 1.93 bits per heavy atom. The molecule has 2 heterocycles. The van der Waals surface area contributed by atoms with Crippen LogP contribution in [0.1, 0.15) is 41.1 Å². The third kappa shape index (κ3) is 4.95. The van der Waals surface area contributed by atoms with Gasteiger partial charge in [0.1, 0.15) is 11.3 Å². The van der Waals surface area contributed by atoms with Gasteiger partial charge < -0.3 is 19.6 Å². The zero-order valence-corrected chi connectivity index (χ0v) is 17.8. The molecule has 2 N–H and O–H groups in total. The summed E-state index contributed by atoms with van der Waals surface area (Å²) >= 11 is 0. The molecule has 0 atom stereocenters. The average molecular weight is 396 g/mol. The van der Waals surface area contributed by atoms with Crippen LogP contribution < -0.4 is 10.9 Å². The maximum absolute atomic E-state index is 12.7. The number of hydrogen-bond acceptors (Lipinski definition) is 4. The van der Waals surface area contributed by atoms with Crippen LogP contribution in [0.3, 0.4) is 0 Å². The predicted molar refractivity (Wildman–Crippen MR) is 116 cm³/mol. The number of aromatic amines is 1. The van der Waals surface area contributed by atoms with Crippen molar-refractivity contribution in [3.8, 4) is 0 Å². The first-order valence-corrected chi connectivity index (χ1v) is 9.82. The van der Waals surface area contributed by atoms with Gasteiger partial charge in [-0.25, -0.2) is 4.79 Å². The lowest BCUT2D eigenvalue weighted by atomic mass is 10.0. The highest BCUT2D eigenvalue weighted by Crippen LogP contribution is 2.20. The van der Waals surface area contributed by atoms with Crippen molar-refractivity contribution in [1.82, 2.24) is 15.2 Å². The second-order valence-electron chi connectivity index (χ2n) is 8.49. The maximum Gasteiger partial charge on any atom is 0.349 e. The van der Waals surface area contributed by atoms with Crippen molar-refractivity contribution in [2.45, 2.75) is 39.2 Å². The number of benzene rings is 1. The van der Waals surface area contributed by atoms with E-state index in [9.17, 15) is 9.59 Å². The van der Waals surface area contributed by atoms with Gasteiger partial charge in [0.25, 0.3) is 5.91 Å². The first-order valence-electron chi connectivity index (χ1n) is 9.82. The Kier molecular flexibility index (Phi) is 5.94. The third-order valence-corrected chi connectivity index (χ3v) is 4.91. The summed E-state index contributed by atoms with van der Waals surface area (Å²) < 4.78 is 5.48. The largest absolute Gasteiger partial charge is 0.427 e. The first-order chi connectivity index (χ1) is 13.7. The van der Waals surface area contributed by atoms with E-state index >= 15 is 0 Å². The molecule has 1 amide bonds. The van der Waals surface area contributed by atoms with Gasteiger partial charge in [-0.15, -0.1) is 0 Å². The molecule has 0 saturated carbocycles. The molecule has 3 rings (SSSR count). The van der Waals surface area contributed by atoms with Crippen LogP contribution in [0.5, 0.6) is 0 Å². The average Bonchev–Trinajstić information content (AvgIpc) is 3.01. The third-order valence-electron chi connectivity index (χ3n) is 4.91. The van der Waals surface area contributed by atoms with Crippen LogP contribution in [0.4, 0.5) is 0 Å². The maximum atomic E-state index is 12.7. The number of nitrogens with one attached hydrogen (secondary N) is 2. The summed E-state index contributed by atoms with van der Waals surface area (Å²) in [6.07, 6.45) is 3.32. The fourth-order valence-corrected chi connectivity index (χ4v) is 3.87. The predicted octanol–water partition coefficient (Wildman–Crippen LogP) is 3.28. The molecule has 0 spiro atoms. The van der Waals surface area contributed by atoms with Crippen molar-refractivity contribution < 1.29 is 9.21 Å². The van der Waals surface area contributed by atoms with Gasteiger partial charge in [-0.1, -0.05) is 18.2 Å². The molecule has 0 saturated heterocycles. The Morgan fingerprint density at radius 3 is 2.62 bits per heavy atom. The van der Waals surface area contributed by atoms with Crippen molar-refractivity contribution >= 4 is 16.8 Å². The molecular weight excluding hydrogens is 366 g/mol. The van der Waals surface area contributed by atoms with Crippen LogP contribution in [0.25, 0.3) is 10.9 Å². The fraction of sp³-hybridized carbons (Fsp3) is 0.391. The van der Waals surface area contributed by atoms with E-state index in [-0.39, 0.29) is 5.56 Å². The van der Waals surface area contributed by atoms with Gasteiger partial charge in [-0.3, -0.25) is 4.79 Å². The fourth-order valence-electron chi connectivity index (χ4n) is 3.87. The zero-order valence-electron chi connectivity index (χ0n) is 17.8. The van der Waals surface area contributed by atoms with Gasteiger partial charge in [0.15, 0.2) is 0 Å². The van der Waals surface area contributed by atoms with E-state index in [4.69, 9.17) is 4.42 Å². The Labute approximate surface area is 170 Å². The van der Waals surface area contributed by atoms with Crippen molar-refractivity contribution in [3.05, 3.63) is 69.4 Å². The second-order valence-corrected chi connectivity index (χ2v) is 8.49. The highest BCUT2D eigenvalue weighted by atomic mass is 16.4. The molecular formula is C23H29N3O3. The van der Waals surface area contributed by atoms with Gasteiger partial charge in [0, 0.05) is 35.6 Å². The summed E-state index contributed by atoms with van der Waals surface area (Å²) in [5.41, 5.74) is 1.92. The van der Waals surface area contributed by atoms with Crippen molar-refractivity contribution in [2.75, 3.05) is 20.6 Å². The van der Waals surface area contributed by atoms with Crippen LogP contribution >= 0.6 is 0 Å². The lowest BCUT2D eigenvalue weighted by molar-refractivity contribution is 0.0894. The zero-order chi connectivity index (χ0) is 21.2. The number of fused-ring (bicyclic) bond motifs is 1. The van der Waals surface area contributed by atoms with E-state index < -0.39 is 17.1 Å². The molecule has 1 aromatic carbocycles. The number of H-pyrrole nitrogens is 1. The molecule has 0 radical (unpaired) electrons. The van der Waals surface area contributed by atoms with E-state index in [1.807, 2.05) is 57.2 Å². The first kappa shape index (κ1) is 20.9. The van der Waals surface area contributed by atoms with Crippen molar-refractivity contribution in [2.24, 2.45) is 0 Å². The normalized spacial score (nSPS) is 11.9. The van der Waals surface area contributed by atoms with Gasteiger partial charge >= 0.3 is 5.63 Å². The van der Waals surface area contributed by atoms with Gasteiger partial charge in [-0.05, 0) is 64.5 Å². The van der Waals surface area contributed by atoms with Crippen LogP contribution in [0, 0.1) is 6.92 Å². The standard InChI is InChI=1S/C23H29N3O3/c1-15-12-17(11-10-16-13-24-19-9-7-6-8-18(16)19)29-22(28)20(15)21(27)25-23(2,3)14-26(4)5/h6-9,12-13,24H,10-11,14H2,1-5H3,(H,25,27). The number of carbonyl (C=O) groups excluding carboxylic acids is 1. The van der Waals surface area contributed by atoms with E-state index in [0.29, 0.717) is 24.3 Å². The smallest absolute Gasteiger partial charge is 0.349 e. The van der Waals surface area contributed by atoms with Crippen LogP contribution in [0.15, 0.2) is 45.7 Å². The lowest BCUT2D eigenvalue weighted by Gasteiger charge is -2.29. The van der Waals surface area contributed by atoms with Crippen LogP contribution in [-0.4, -0.2) is 42.0 Å². The number of rotatable bonds is 7. The summed E-state index contributed by atoms with van der Waals surface area (Å²) in [6, 6.07) is 9.91. The van der Waals surface area contributed by atoms with E-state index in [1.54, 1.807) is 13.0 Å². The number of aromatic nitrogens is 1. The highest BCUT2D eigenvalue weighted by Gasteiger charge is 2.25. The number of nitrogens with zero attached hydrogens (tertiary/aromatic N) is 1. The SMILES string of the molecule is Cc1cc(CCc2c[nH]c3ccccc23)oc(=O)c1C(=O)NC(C)(C)CN(C)C. The Morgan fingerprint density at radius 1 is 1.21 bits per heavy atom. The van der Waals surface area contributed by atoms with Crippen LogP contribution in [0.2, 0.25) is 0 Å². The molecule has 0 bridgehead atoms. The molecule has 0 unspecified atom stereocenters. The van der Waals surface area contributed by atoms with Crippen molar-refractivity contribution in [3.63, 3.8) is 0 Å². The molecule has 0 aliphatic rings. The number of aryl methyl sites for hydroxylation is 3. The number of para-hydroxylation sites is 1. The molecule has 0 aliphatic carbocycles. The second kappa shape index (κ2) is 8.25. The molecule has 6 nitrogen and oxygen atoms in total. The number of hydrogen-bond donors (Lipinski definition) is 2. The summed E-state index contributed by atoms with van der Waals surface area (Å²) in [5.74, 6) is 0.188. The number of likely N-dealkylation sites (N-methyl/N-ethyl adjacent to an activating group) is 1. The Bertz CT molecular complexity index is 1080. The number of carbonyl (C=O) groups is 1. The van der Waals surface area contributed by atoms with Crippen molar-refractivity contribution in [1.29, 1.82) is 0 Å². The quantitative estimate of drug-likeness (QED) is 0.644. The molecule has 0 aliphatic heterocycles. The Balaban J connectivity index is 1.75. The molecule has 154 valence electrons. The van der Waals surface area contributed by atoms with E-state index in [0.717, 1.165) is 11.9 Å². The summed E-state index contributed by atoms with van der Waals surface area (Å²) in [7, 11) is 3.88. The molecule has 2 aromatic heterocycles. The van der Waals surface area contributed by atoms with Gasteiger partial charge in [-0.2, -0.15) is 0 Å². The molecule has 0 fully saturated rings. The summed E-state index contributed by atoms with van der Waals surface area (Å²) in [6.45, 7) is 6.29. The molecule has 3 aromatic rings. The number of amides is 1. The minimum Gasteiger partial charge on any atom is -0.427 e. The Hall–Kier alpha value is -2.86. The van der Waals surface area contributed by atoms with Gasteiger partial charge in [0.05, 0.1) is 0 Å². The molecule has 6 heteroatoms.